The molecule has 1 saturated heterocycles. The summed E-state index contributed by atoms with van der Waals surface area (Å²) in [5.74, 6) is -1.39. The van der Waals surface area contributed by atoms with Crippen LogP contribution in [0.15, 0.2) is 18.2 Å². The molecule has 0 aromatic heterocycles. The quantitative estimate of drug-likeness (QED) is 0.886. The number of amides is 1. The number of hydrogen-bond donors (Lipinski definition) is 1. The van der Waals surface area contributed by atoms with Gasteiger partial charge in [0.2, 0.25) is 0 Å². The van der Waals surface area contributed by atoms with E-state index in [1.165, 1.54) is 18.2 Å². The summed E-state index contributed by atoms with van der Waals surface area (Å²) in [5.41, 5.74) is -0.220. The average molecular weight is 266 g/mol. The van der Waals surface area contributed by atoms with E-state index in [0.717, 1.165) is 12.8 Å². The van der Waals surface area contributed by atoms with Gasteiger partial charge in [-0.1, -0.05) is 6.07 Å². The van der Waals surface area contributed by atoms with Gasteiger partial charge in [-0.15, -0.1) is 0 Å². The van der Waals surface area contributed by atoms with Crippen molar-refractivity contribution in [1.29, 1.82) is 0 Å². The Balaban J connectivity index is 2.20. The lowest BCUT2D eigenvalue weighted by Crippen LogP contribution is -2.47. The van der Waals surface area contributed by atoms with Gasteiger partial charge in [0.15, 0.2) is 0 Å². The molecule has 104 valence electrons. The Morgan fingerprint density at radius 1 is 1.47 bits per heavy atom. The van der Waals surface area contributed by atoms with E-state index in [9.17, 15) is 14.3 Å². The number of phenols is 1. The van der Waals surface area contributed by atoms with Crippen molar-refractivity contribution in [2.75, 3.05) is 27.2 Å². The van der Waals surface area contributed by atoms with Crippen molar-refractivity contribution in [3.8, 4) is 5.75 Å². The van der Waals surface area contributed by atoms with Gasteiger partial charge >= 0.3 is 0 Å². The van der Waals surface area contributed by atoms with Gasteiger partial charge in [0, 0.05) is 19.1 Å². The Bertz CT molecular complexity index is 456. The Morgan fingerprint density at radius 2 is 2.21 bits per heavy atom. The normalized spacial score (nSPS) is 19.8. The van der Waals surface area contributed by atoms with Gasteiger partial charge in [0.05, 0.1) is 0 Å². The first-order chi connectivity index (χ1) is 9.00. The van der Waals surface area contributed by atoms with Gasteiger partial charge in [-0.2, -0.15) is 0 Å². The van der Waals surface area contributed by atoms with Gasteiger partial charge in [-0.25, -0.2) is 4.39 Å². The zero-order valence-electron chi connectivity index (χ0n) is 11.3. The molecule has 2 rings (SSSR count). The number of hydrogen-bond acceptors (Lipinski definition) is 3. The molecule has 1 heterocycles. The number of rotatable bonds is 2. The molecule has 1 aromatic rings. The van der Waals surface area contributed by atoms with Gasteiger partial charge < -0.3 is 14.9 Å². The number of piperidine rings is 1. The smallest absolute Gasteiger partial charge is 0.260 e. The number of phenolic OH excluding ortho intramolecular Hbond substituents is 1. The summed E-state index contributed by atoms with van der Waals surface area (Å²) in [5, 5.41) is 9.67. The fourth-order valence-corrected chi connectivity index (χ4v) is 2.44. The minimum atomic E-state index is -0.669. The van der Waals surface area contributed by atoms with Gasteiger partial charge in [-0.3, -0.25) is 4.79 Å². The van der Waals surface area contributed by atoms with E-state index < -0.39 is 11.7 Å². The molecule has 1 atom stereocenters. The van der Waals surface area contributed by atoms with E-state index in [-0.39, 0.29) is 17.4 Å². The number of benzene rings is 1. The number of carbonyl (C=O) groups excluding carboxylic acids is 1. The first-order valence-electron chi connectivity index (χ1n) is 6.44. The van der Waals surface area contributed by atoms with E-state index >= 15 is 0 Å². The predicted octanol–water partition coefficient (Wildman–Crippen LogP) is 1.70. The molecule has 0 aliphatic carbocycles. The maximum Gasteiger partial charge on any atom is 0.260 e. The highest BCUT2D eigenvalue weighted by Gasteiger charge is 2.28. The van der Waals surface area contributed by atoms with Crippen LogP contribution in [0.2, 0.25) is 0 Å². The molecular weight excluding hydrogens is 247 g/mol. The SMILES string of the molecule is CN(C)C1CCCN(C(=O)c2c(O)cccc2F)C1. The summed E-state index contributed by atoms with van der Waals surface area (Å²) >= 11 is 0. The number of likely N-dealkylation sites (tertiary alicyclic amines) is 1. The van der Waals surface area contributed by atoms with Gasteiger partial charge in [0.25, 0.3) is 5.91 Å². The maximum absolute atomic E-state index is 13.7. The van der Waals surface area contributed by atoms with Crippen molar-refractivity contribution in [2.45, 2.75) is 18.9 Å². The molecular formula is C14H19FN2O2. The van der Waals surface area contributed by atoms with Crippen LogP contribution in [0.3, 0.4) is 0 Å². The molecule has 1 amide bonds. The number of likely N-dealkylation sites (N-methyl/N-ethyl adjacent to an activating group) is 1. The highest BCUT2D eigenvalue weighted by atomic mass is 19.1. The van der Waals surface area contributed by atoms with Crippen LogP contribution < -0.4 is 0 Å². The summed E-state index contributed by atoms with van der Waals surface area (Å²) < 4.78 is 13.7. The molecule has 19 heavy (non-hydrogen) atoms. The van der Waals surface area contributed by atoms with E-state index in [1.807, 2.05) is 14.1 Å². The van der Waals surface area contributed by atoms with Crippen LogP contribution in [0.4, 0.5) is 4.39 Å². The van der Waals surface area contributed by atoms with Crippen molar-refractivity contribution in [3.05, 3.63) is 29.6 Å². The van der Waals surface area contributed by atoms with E-state index in [4.69, 9.17) is 0 Å². The molecule has 5 heteroatoms. The van der Waals surface area contributed by atoms with Gasteiger partial charge in [0.1, 0.15) is 17.1 Å². The topological polar surface area (TPSA) is 43.8 Å². The standard InChI is InChI=1S/C14H19FN2O2/c1-16(2)10-5-4-8-17(9-10)14(19)13-11(15)6-3-7-12(13)18/h3,6-7,10,18H,4-5,8-9H2,1-2H3. The van der Waals surface area contributed by atoms with E-state index in [1.54, 1.807) is 4.90 Å². The van der Waals surface area contributed by atoms with Crippen molar-refractivity contribution >= 4 is 5.91 Å². The zero-order chi connectivity index (χ0) is 14.0. The van der Waals surface area contributed by atoms with Crippen LogP contribution in [0.5, 0.6) is 5.75 Å². The van der Waals surface area contributed by atoms with Crippen LogP contribution in [0.25, 0.3) is 0 Å². The van der Waals surface area contributed by atoms with E-state index in [0.29, 0.717) is 13.1 Å². The Hall–Kier alpha value is -1.62. The third-order valence-corrected chi connectivity index (χ3v) is 3.62. The molecule has 0 radical (unpaired) electrons. The van der Waals surface area contributed by atoms with Crippen molar-refractivity contribution < 1.29 is 14.3 Å². The number of halogens is 1. The fraction of sp³-hybridized carbons (Fsp3) is 0.500. The first-order valence-corrected chi connectivity index (χ1v) is 6.44. The summed E-state index contributed by atoms with van der Waals surface area (Å²) in [7, 11) is 3.94. The van der Waals surface area contributed by atoms with Crippen LogP contribution in [-0.4, -0.2) is 54.0 Å². The Kier molecular flexibility index (Phi) is 4.04. The van der Waals surface area contributed by atoms with Crippen LogP contribution in [0.1, 0.15) is 23.2 Å². The minimum Gasteiger partial charge on any atom is -0.507 e. The van der Waals surface area contributed by atoms with Crippen molar-refractivity contribution in [3.63, 3.8) is 0 Å². The lowest BCUT2D eigenvalue weighted by atomic mass is 10.0. The van der Waals surface area contributed by atoms with Crippen molar-refractivity contribution in [1.82, 2.24) is 9.80 Å². The molecule has 1 unspecified atom stereocenters. The number of nitrogens with zero attached hydrogens (tertiary/aromatic N) is 2. The molecule has 1 N–H and O–H groups in total. The van der Waals surface area contributed by atoms with Crippen LogP contribution in [0, 0.1) is 5.82 Å². The molecule has 0 spiro atoms. The maximum atomic E-state index is 13.7. The number of carbonyl (C=O) groups is 1. The van der Waals surface area contributed by atoms with E-state index in [2.05, 4.69) is 4.90 Å². The number of aromatic hydroxyl groups is 1. The summed E-state index contributed by atoms with van der Waals surface area (Å²) in [6.07, 6.45) is 1.92. The lowest BCUT2D eigenvalue weighted by Gasteiger charge is -2.36. The summed E-state index contributed by atoms with van der Waals surface area (Å²) in [4.78, 5) is 16.0. The summed E-state index contributed by atoms with van der Waals surface area (Å²) in [6, 6.07) is 4.20. The highest BCUT2D eigenvalue weighted by molar-refractivity contribution is 5.97. The second kappa shape index (κ2) is 5.57. The molecule has 1 fully saturated rings. The lowest BCUT2D eigenvalue weighted by molar-refractivity contribution is 0.0627. The molecule has 1 aliphatic heterocycles. The fourth-order valence-electron chi connectivity index (χ4n) is 2.44. The Morgan fingerprint density at radius 3 is 2.84 bits per heavy atom. The monoisotopic (exact) mass is 266 g/mol. The minimum absolute atomic E-state index is 0.220. The van der Waals surface area contributed by atoms with Crippen molar-refractivity contribution in [2.24, 2.45) is 0 Å². The van der Waals surface area contributed by atoms with Gasteiger partial charge in [-0.05, 0) is 39.1 Å². The largest absolute Gasteiger partial charge is 0.507 e. The molecule has 0 bridgehead atoms. The molecule has 1 aliphatic rings. The Labute approximate surface area is 112 Å². The molecule has 1 aromatic carbocycles. The second-order valence-electron chi connectivity index (χ2n) is 5.14. The third kappa shape index (κ3) is 2.87. The second-order valence-corrected chi connectivity index (χ2v) is 5.14. The predicted molar refractivity (Wildman–Crippen MR) is 70.7 cm³/mol. The summed E-state index contributed by atoms with van der Waals surface area (Å²) in [6.45, 7) is 1.18. The van der Waals surface area contributed by atoms with Crippen LogP contribution >= 0.6 is 0 Å². The zero-order valence-corrected chi connectivity index (χ0v) is 11.3. The first kappa shape index (κ1) is 13.8. The highest BCUT2D eigenvalue weighted by Crippen LogP contribution is 2.24. The average Bonchev–Trinajstić information content (AvgIpc) is 2.38. The van der Waals surface area contributed by atoms with Crippen LogP contribution in [-0.2, 0) is 0 Å². The third-order valence-electron chi connectivity index (χ3n) is 3.62. The molecule has 0 saturated carbocycles. The molecule has 4 nitrogen and oxygen atoms in total.